The van der Waals surface area contributed by atoms with Gasteiger partial charge in [-0.2, -0.15) is 0 Å². The molecule has 0 unspecified atom stereocenters. The van der Waals surface area contributed by atoms with Crippen LogP contribution in [-0.2, 0) is 6.54 Å². The van der Waals surface area contributed by atoms with Gasteiger partial charge in [-0.1, -0.05) is 24.3 Å². The van der Waals surface area contributed by atoms with Gasteiger partial charge in [0.25, 0.3) is 0 Å². The van der Waals surface area contributed by atoms with Crippen LogP contribution in [0.2, 0.25) is 0 Å². The first-order valence-electron chi connectivity index (χ1n) is 6.86. The van der Waals surface area contributed by atoms with E-state index in [1.165, 1.54) is 16.8 Å². The first-order valence-corrected chi connectivity index (χ1v) is 6.86. The van der Waals surface area contributed by atoms with E-state index in [1.54, 1.807) is 0 Å². The molecule has 1 aliphatic heterocycles. The first-order chi connectivity index (χ1) is 9.33. The minimum Gasteiger partial charge on any atom is -0.341 e. The number of aryl methyl sites for hydroxylation is 1. The summed E-state index contributed by atoms with van der Waals surface area (Å²) in [5.74, 6) is 0.975. The molecule has 0 saturated carbocycles. The van der Waals surface area contributed by atoms with Crippen LogP contribution in [-0.4, -0.2) is 41.0 Å². The molecule has 4 heteroatoms. The van der Waals surface area contributed by atoms with Crippen molar-refractivity contribution in [1.82, 2.24) is 20.2 Å². The molecule has 1 fully saturated rings. The SMILES string of the molecule is Cc1ccccc1-c1ncc(CN2CCNCC2)[nH]1. The summed E-state index contributed by atoms with van der Waals surface area (Å²) in [7, 11) is 0. The minimum absolute atomic E-state index is 0.959. The van der Waals surface area contributed by atoms with E-state index in [2.05, 4.69) is 51.4 Å². The highest BCUT2D eigenvalue weighted by atomic mass is 15.2. The third kappa shape index (κ3) is 2.85. The number of piperazine rings is 1. The van der Waals surface area contributed by atoms with Gasteiger partial charge in [0.2, 0.25) is 0 Å². The van der Waals surface area contributed by atoms with Crippen LogP contribution in [0.3, 0.4) is 0 Å². The van der Waals surface area contributed by atoms with Crippen LogP contribution in [0.1, 0.15) is 11.3 Å². The standard InChI is InChI=1S/C15H20N4/c1-12-4-2-3-5-14(12)15-17-10-13(18-15)11-19-8-6-16-7-9-19/h2-5,10,16H,6-9,11H2,1H3,(H,17,18). The minimum atomic E-state index is 0.959. The van der Waals surface area contributed by atoms with E-state index >= 15 is 0 Å². The number of nitrogens with one attached hydrogen (secondary N) is 2. The lowest BCUT2D eigenvalue weighted by Crippen LogP contribution is -2.42. The summed E-state index contributed by atoms with van der Waals surface area (Å²) in [5.41, 5.74) is 3.64. The molecule has 1 aromatic heterocycles. The lowest BCUT2D eigenvalue weighted by molar-refractivity contribution is 0.231. The fraction of sp³-hybridized carbons (Fsp3) is 0.400. The number of rotatable bonds is 3. The van der Waals surface area contributed by atoms with Gasteiger partial charge in [-0.05, 0) is 12.5 Å². The van der Waals surface area contributed by atoms with Crippen molar-refractivity contribution in [2.75, 3.05) is 26.2 Å². The van der Waals surface area contributed by atoms with Crippen molar-refractivity contribution < 1.29 is 0 Å². The molecule has 19 heavy (non-hydrogen) atoms. The van der Waals surface area contributed by atoms with Crippen LogP contribution < -0.4 is 5.32 Å². The van der Waals surface area contributed by atoms with Crippen molar-refractivity contribution in [2.24, 2.45) is 0 Å². The van der Waals surface area contributed by atoms with Gasteiger partial charge >= 0.3 is 0 Å². The Morgan fingerprint density at radius 3 is 2.79 bits per heavy atom. The van der Waals surface area contributed by atoms with Crippen molar-refractivity contribution in [1.29, 1.82) is 0 Å². The monoisotopic (exact) mass is 256 g/mol. The van der Waals surface area contributed by atoms with E-state index in [9.17, 15) is 0 Å². The Morgan fingerprint density at radius 2 is 2.00 bits per heavy atom. The van der Waals surface area contributed by atoms with Gasteiger partial charge in [-0.3, -0.25) is 4.90 Å². The normalized spacial score (nSPS) is 16.7. The van der Waals surface area contributed by atoms with Gasteiger partial charge in [0.05, 0.1) is 0 Å². The van der Waals surface area contributed by atoms with E-state index in [0.717, 1.165) is 38.5 Å². The topological polar surface area (TPSA) is 44.0 Å². The van der Waals surface area contributed by atoms with Crippen molar-refractivity contribution in [2.45, 2.75) is 13.5 Å². The molecule has 2 aromatic rings. The maximum Gasteiger partial charge on any atom is 0.137 e. The van der Waals surface area contributed by atoms with Gasteiger partial charge < -0.3 is 10.3 Å². The molecule has 0 spiro atoms. The van der Waals surface area contributed by atoms with Crippen LogP contribution in [0.4, 0.5) is 0 Å². The van der Waals surface area contributed by atoms with E-state index in [-0.39, 0.29) is 0 Å². The molecule has 4 nitrogen and oxygen atoms in total. The third-order valence-corrected chi connectivity index (χ3v) is 3.63. The molecule has 1 saturated heterocycles. The number of hydrogen-bond acceptors (Lipinski definition) is 3. The fourth-order valence-corrected chi connectivity index (χ4v) is 2.53. The van der Waals surface area contributed by atoms with E-state index in [1.807, 2.05) is 6.20 Å². The lowest BCUT2D eigenvalue weighted by atomic mass is 10.1. The average Bonchev–Trinajstić information content (AvgIpc) is 2.89. The Labute approximate surface area is 113 Å². The molecule has 1 aliphatic rings. The molecule has 0 bridgehead atoms. The second-order valence-electron chi connectivity index (χ2n) is 5.10. The van der Waals surface area contributed by atoms with Crippen LogP contribution in [0.15, 0.2) is 30.5 Å². The van der Waals surface area contributed by atoms with Crippen molar-refractivity contribution in [3.8, 4) is 11.4 Å². The van der Waals surface area contributed by atoms with Gasteiger partial charge in [0, 0.05) is 50.2 Å². The fourth-order valence-electron chi connectivity index (χ4n) is 2.53. The van der Waals surface area contributed by atoms with Crippen molar-refractivity contribution in [3.05, 3.63) is 41.7 Å². The molecule has 0 atom stereocenters. The van der Waals surface area contributed by atoms with Crippen LogP contribution in [0, 0.1) is 6.92 Å². The largest absolute Gasteiger partial charge is 0.341 e. The van der Waals surface area contributed by atoms with Gasteiger partial charge in [-0.25, -0.2) is 4.98 Å². The van der Waals surface area contributed by atoms with E-state index < -0.39 is 0 Å². The Hall–Kier alpha value is -1.65. The number of H-pyrrole nitrogens is 1. The molecule has 3 rings (SSSR count). The zero-order valence-corrected chi connectivity index (χ0v) is 11.3. The third-order valence-electron chi connectivity index (χ3n) is 3.63. The van der Waals surface area contributed by atoms with Gasteiger partial charge in [0.15, 0.2) is 0 Å². The Morgan fingerprint density at radius 1 is 1.21 bits per heavy atom. The highest BCUT2D eigenvalue weighted by Crippen LogP contribution is 2.20. The van der Waals surface area contributed by atoms with Gasteiger partial charge in [0.1, 0.15) is 5.82 Å². The molecule has 0 aliphatic carbocycles. The van der Waals surface area contributed by atoms with Crippen LogP contribution >= 0.6 is 0 Å². The number of imidazole rings is 1. The highest BCUT2D eigenvalue weighted by molar-refractivity contribution is 5.59. The number of benzene rings is 1. The van der Waals surface area contributed by atoms with E-state index in [4.69, 9.17) is 0 Å². The summed E-state index contributed by atoms with van der Waals surface area (Å²) < 4.78 is 0. The molecular formula is C15H20N4. The number of aromatic amines is 1. The predicted molar refractivity (Wildman–Crippen MR) is 76.9 cm³/mol. The van der Waals surface area contributed by atoms with E-state index in [0.29, 0.717) is 0 Å². The molecule has 2 heterocycles. The summed E-state index contributed by atoms with van der Waals surface area (Å²) in [6.07, 6.45) is 1.96. The number of aromatic nitrogens is 2. The summed E-state index contributed by atoms with van der Waals surface area (Å²) in [6.45, 7) is 7.46. The van der Waals surface area contributed by atoms with Crippen LogP contribution in [0.25, 0.3) is 11.4 Å². The molecule has 0 radical (unpaired) electrons. The Bertz CT molecular complexity index is 541. The number of nitrogens with zero attached hydrogens (tertiary/aromatic N) is 2. The Balaban J connectivity index is 1.74. The number of hydrogen-bond donors (Lipinski definition) is 2. The average molecular weight is 256 g/mol. The zero-order chi connectivity index (χ0) is 13.1. The lowest BCUT2D eigenvalue weighted by Gasteiger charge is -2.26. The van der Waals surface area contributed by atoms with Crippen LogP contribution in [0.5, 0.6) is 0 Å². The Kier molecular flexibility index (Phi) is 3.62. The van der Waals surface area contributed by atoms with Crippen molar-refractivity contribution >= 4 is 0 Å². The molecular weight excluding hydrogens is 236 g/mol. The van der Waals surface area contributed by atoms with Gasteiger partial charge in [-0.15, -0.1) is 0 Å². The second-order valence-corrected chi connectivity index (χ2v) is 5.10. The zero-order valence-electron chi connectivity index (χ0n) is 11.3. The summed E-state index contributed by atoms with van der Waals surface area (Å²) in [5, 5.41) is 3.37. The maximum absolute atomic E-state index is 4.51. The molecule has 100 valence electrons. The predicted octanol–water partition coefficient (Wildman–Crippen LogP) is 1.79. The molecule has 1 aromatic carbocycles. The second kappa shape index (κ2) is 5.55. The maximum atomic E-state index is 4.51. The van der Waals surface area contributed by atoms with Crippen molar-refractivity contribution in [3.63, 3.8) is 0 Å². The summed E-state index contributed by atoms with van der Waals surface area (Å²) >= 11 is 0. The molecule has 0 amide bonds. The smallest absolute Gasteiger partial charge is 0.137 e. The first kappa shape index (κ1) is 12.4. The quantitative estimate of drug-likeness (QED) is 0.880. The molecule has 2 N–H and O–H groups in total. The summed E-state index contributed by atoms with van der Waals surface area (Å²) in [4.78, 5) is 10.4. The highest BCUT2D eigenvalue weighted by Gasteiger charge is 2.12. The summed E-state index contributed by atoms with van der Waals surface area (Å²) in [6, 6.07) is 8.35.